The number of carboxylic acid groups (broad SMARTS) is 1. The minimum Gasteiger partial charge on any atom is -0.481 e. The van der Waals surface area contributed by atoms with Gasteiger partial charge in [-0.05, 0) is 31.6 Å². The van der Waals surface area contributed by atoms with Gasteiger partial charge in [0.25, 0.3) is 0 Å². The van der Waals surface area contributed by atoms with Gasteiger partial charge in [0.05, 0.1) is 5.92 Å². The third-order valence-corrected chi connectivity index (χ3v) is 3.92. The molecule has 0 aliphatic heterocycles. The van der Waals surface area contributed by atoms with E-state index in [9.17, 15) is 27.6 Å². The number of hydrogen-bond donors (Lipinski definition) is 3. The maximum atomic E-state index is 12.3. The SMILES string of the molecule is CC(C)[C@H](NC(=O)C(F)(F)F)C(=O)NC1CCC(C(=O)O)CC1. The van der Waals surface area contributed by atoms with Crippen LogP contribution in [0.25, 0.3) is 0 Å². The zero-order valence-electron chi connectivity index (χ0n) is 12.9. The molecule has 1 fully saturated rings. The monoisotopic (exact) mass is 338 g/mol. The molecule has 0 spiro atoms. The lowest BCUT2D eigenvalue weighted by atomic mass is 9.86. The van der Waals surface area contributed by atoms with Crippen molar-refractivity contribution in [3.05, 3.63) is 0 Å². The quantitative estimate of drug-likeness (QED) is 0.707. The van der Waals surface area contributed by atoms with Gasteiger partial charge in [-0.3, -0.25) is 14.4 Å². The Hall–Kier alpha value is -1.80. The average Bonchev–Trinajstić information content (AvgIpc) is 2.43. The Morgan fingerprint density at radius 1 is 1.09 bits per heavy atom. The van der Waals surface area contributed by atoms with E-state index in [4.69, 9.17) is 5.11 Å². The van der Waals surface area contributed by atoms with E-state index in [1.807, 2.05) is 0 Å². The molecule has 1 aliphatic carbocycles. The third kappa shape index (κ3) is 5.72. The number of amides is 2. The van der Waals surface area contributed by atoms with Crippen molar-refractivity contribution in [1.29, 1.82) is 0 Å². The molecule has 1 aliphatic rings. The molecule has 0 aromatic rings. The number of nitrogens with one attached hydrogen (secondary N) is 2. The first-order chi connectivity index (χ1) is 10.5. The second kappa shape index (κ2) is 7.65. The summed E-state index contributed by atoms with van der Waals surface area (Å²) in [6.45, 7) is 3.06. The van der Waals surface area contributed by atoms with Crippen molar-refractivity contribution in [2.24, 2.45) is 11.8 Å². The van der Waals surface area contributed by atoms with E-state index < -0.39 is 41.8 Å². The number of carbonyl (C=O) groups excluding carboxylic acids is 2. The van der Waals surface area contributed by atoms with Crippen LogP contribution in [-0.2, 0) is 14.4 Å². The predicted octanol–water partition coefficient (Wildman–Crippen LogP) is 1.45. The number of rotatable bonds is 5. The average molecular weight is 338 g/mol. The summed E-state index contributed by atoms with van der Waals surface area (Å²) in [5.74, 6) is -4.68. The molecule has 0 aromatic carbocycles. The number of carbonyl (C=O) groups is 3. The van der Waals surface area contributed by atoms with Crippen molar-refractivity contribution in [2.75, 3.05) is 0 Å². The number of aliphatic carboxylic acids is 1. The van der Waals surface area contributed by atoms with Gasteiger partial charge in [0, 0.05) is 6.04 Å². The molecular weight excluding hydrogens is 317 g/mol. The Bertz CT molecular complexity index is 457. The van der Waals surface area contributed by atoms with Crippen LogP contribution in [0.3, 0.4) is 0 Å². The molecule has 0 heterocycles. The molecule has 3 N–H and O–H groups in total. The highest BCUT2D eigenvalue weighted by Crippen LogP contribution is 2.24. The predicted molar refractivity (Wildman–Crippen MR) is 74.3 cm³/mol. The molecule has 23 heavy (non-hydrogen) atoms. The Morgan fingerprint density at radius 3 is 2.00 bits per heavy atom. The topological polar surface area (TPSA) is 95.5 Å². The Balaban J connectivity index is 2.59. The van der Waals surface area contributed by atoms with Gasteiger partial charge in [-0.25, -0.2) is 0 Å². The van der Waals surface area contributed by atoms with E-state index in [1.54, 1.807) is 5.32 Å². The van der Waals surface area contributed by atoms with Crippen molar-refractivity contribution in [2.45, 2.75) is 57.8 Å². The molecule has 1 rings (SSSR count). The van der Waals surface area contributed by atoms with Crippen molar-refractivity contribution in [3.63, 3.8) is 0 Å². The molecule has 1 atom stereocenters. The van der Waals surface area contributed by atoms with Crippen LogP contribution in [0.1, 0.15) is 39.5 Å². The minimum absolute atomic E-state index is 0.290. The van der Waals surface area contributed by atoms with Crippen LogP contribution >= 0.6 is 0 Å². The lowest BCUT2D eigenvalue weighted by molar-refractivity contribution is -0.175. The lowest BCUT2D eigenvalue weighted by Crippen LogP contribution is -2.55. The fraction of sp³-hybridized carbons (Fsp3) is 0.786. The van der Waals surface area contributed by atoms with Crippen LogP contribution in [0.5, 0.6) is 0 Å². The fourth-order valence-electron chi connectivity index (χ4n) is 2.53. The molecule has 0 saturated heterocycles. The Kier molecular flexibility index (Phi) is 6.40. The highest BCUT2D eigenvalue weighted by atomic mass is 19.4. The van der Waals surface area contributed by atoms with Crippen molar-refractivity contribution < 1.29 is 32.7 Å². The zero-order valence-corrected chi connectivity index (χ0v) is 12.9. The van der Waals surface area contributed by atoms with Gasteiger partial charge in [0.15, 0.2) is 0 Å². The van der Waals surface area contributed by atoms with Crippen LogP contribution in [0.2, 0.25) is 0 Å². The summed E-state index contributed by atoms with van der Waals surface area (Å²) >= 11 is 0. The van der Waals surface area contributed by atoms with E-state index in [1.165, 1.54) is 13.8 Å². The molecule has 1 saturated carbocycles. The van der Waals surface area contributed by atoms with Crippen molar-refractivity contribution >= 4 is 17.8 Å². The minimum atomic E-state index is -5.05. The first kappa shape index (κ1) is 19.2. The lowest BCUT2D eigenvalue weighted by Gasteiger charge is -2.29. The first-order valence-corrected chi connectivity index (χ1v) is 7.43. The number of hydrogen-bond acceptors (Lipinski definition) is 3. The summed E-state index contributed by atoms with van der Waals surface area (Å²) in [6.07, 6.45) is -3.35. The maximum Gasteiger partial charge on any atom is 0.471 e. The largest absolute Gasteiger partial charge is 0.481 e. The summed E-state index contributed by atoms with van der Waals surface area (Å²) in [5.41, 5.74) is 0. The van der Waals surface area contributed by atoms with Gasteiger partial charge in [-0.2, -0.15) is 13.2 Å². The number of carboxylic acids is 1. The van der Waals surface area contributed by atoms with Crippen molar-refractivity contribution in [1.82, 2.24) is 10.6 Å². The third-order valence-electron chi connectivity index (χ3n) is 3.92. The van der Waals surface area contributed by atoms with Gasteiger partial charge in [0.1, 0.15) is 6.04 Å². The molecule has 0 bridgehead atoms. The summed E-state index contributed by atoms with van der Waals surface area (Å²) in [4.78, 5) is 34.0. The van der Waals surface area contributed by atoms with Crippen LogP contribution in [0.4, 0.5) is 13.2 Å². The van der Waals surface area contributed by atoms with Crippen LogP contribution in [-0.4, -0.2) is 41.2 Å². The van der Waals surface area contributed by atoms with E-state index in [-0.39, 0.29) is 6.04 Å². The molecule has 2 amide bonds. The van der Waals surface area contributed by atoms with Gasteiger partial charge >= 0.3 is 18.1 Å². The zero-order chi connectivity index (χ0) is 17.8. The highest BCUT2D eigenvalue weighted by Gasteiger charge is 2.41. The molecule has 6 nitrogen and oxygen atoms in total. The van der Waals surface area contributed by atoms with Crippen LogP contribution in [0.15, 0.2) is 0 Å². The van der Waals surface area contributed by atoms with E-state index >= 15 is 0 Å². The first-order valence-electron chi connectivity index (χ1n) is 7.43. The number of alkyl halides is 3. The molecule has 9 heteroatoms. The summed E-state index contributed by atoms with van der Waals surface area (Å²) < 4.78 is 36.9. The standard InChI is InChI=1S/C14H21F3N2O4/c1-7(2)10(19-13(23)14(15,16)17)11(20)18-9-5-3-8(4-6-9)12(21)22/h7-10H,3-6H2,1-2H3,(H,18,20)(H,19,23)(H,21,22)/t8?,9?,10-/m0/s1. The summed E-state index contributed by atoms with van der Waals surface area (Å²) in [5, 5.41) is 13.2. The van der Waals surface area contributed by atoms with E-state index in [0.29, 0.717) is 25.7 Å². The number of halogens is 3. The van der Waals surface area contributed by atoms with Gasteiger partial charge < -0.3 is 15.7 Å². The Morgan fingerprint density at radius 2 is 1.61 bits per heavy atom. The molecular formula is C14H21F3N2O4. The van der Waals surface area contributed by atoms with Gasteiger partial charge in [0.2, 0.25) is 5.91 Å². The van der Waals surface area contributed by atoms with Crippen LogP contribution in [0, 0.1) is 11.8 Å². The Labute approximate surface area is 131 Å². The summed E-state index contributed by atoms with van der Waals surface area (Å²) in [6, 6.07) is -1.58. The molecule has 132 valence electrons. The molecule has 0 radical (unpaired) electrons. The van der Waals surface area contributed by atoms with Gasteiger partial charge in [-0.15, -0.1) is 0 Å². The second-order valence-corrected chi connectivity index (χ2v) is 6.09. The fourth-order valence-corrected chi connectivity index (χ4v) is 2.53. The molecule has 0 unspecified atom stereocenters. The normalized spacial score (nSPS) is 23.2. The highest BCUT2D eigenvalue weighted by molar-refractivity contribution is 5.90. The maximum absolute atomic E-state index is 12.3. The van der Waals surface area contributed by atoms with Crippen LogP contribution < -0.4 is 10.6 Å². The van der Waals surface area contributed by atoms with Crippen molar-refractivity contribution in [3.8, 4) is 0 Å². The smallest absolute Gasteiger partial charge is 0.471 e. The van der Waals surface area contributed by atoms with E-state index in [2.05, 4.69) is 5.32 Å². The van der Waals surface area contributed by atoms with E-state index in [0.717, 1.165) is 0 Å². The van der Waals surface area contributed by atoms with Gasteiger partial charge in [-0.1, -0.05) is 13.8 Å². The summed E-state index contributed by atoms with van der Waals surface area (Å²) in [7, 11) is 0. The second-order valence-electron chi connectivity index (χ2n) is 6.09. The molecule has 0 aromatic heterocycles.